The van der Waals surface area contributed by atoms with Gasteiger partial charge in [-0.3, -0.25) is 4.79 Å². The van der Waals surface area contributed by atoms with Gasteiger partial charge in [-0.2, -0.15) is 0 Å². The van der Waals surface area contributed by atoms with E-state index >= 15 is 0 Å². The highest BCUT2D eigenvalue weighted by atomic mass is 16.5. The van der Waals surface area contributed by atoms with Crippen LogP contribution in [0.15, 0.2) is 36.0 Å². The Morgan fingerprint density at radius 3 is 2.59 bits per heavy atom. The van der Waals surface area contributed by atoms with Crippen LogP contribution >= 0.6 is 0 Å². The van der Waals surface area contributed by atoms with Crippen LogP contribution < -0.4 is 10.1 Å². The largest absolute Gasteiger partial charge is 0.496 e. The number of benzene rings is 1. The van der Waals surface area contributed by atoms with Crippen molar-refractivity contribution in [3.05, 3.63) is 41.6 Å². The molecule has 0 saturated carbocycles. The number of carboxylic acids is 1. The van der Waals surface area contributed by atoms with Gasteiger partial charge in [-0.05, 0) is 19.1 Å². The summed E-state index contributed by atoms with van der Waals surface area (Å²) in [5.41, 5.74) is 0.613. The first-order valence-electron chi connectivity index (χ1n) is 4.90. The molecule has 0 radical (unpaired) electrons. The van der Waals surface area contributed by atoms with Crippen molar-refractivity contribution < 1.29 is 19.4 Å². The molecule has 0 bridgehead atoms. The van der Waals surface area contributed by atoms with Crippen LogP contribution in [0.1, 0.15) is 17.3 Å². The Balaban J connectivity index is 2.87. The predicted octanol–water partition coefficient (Wildman–Crippen LogP) is 1.41. The van der Waals surface area contributed by atoms with Crippen LogP contribution in [-0.4, -0.2) is 24.1 Å². The summed E-state index contributed by atoms with van der Waals surface area (Å²) in [6, 6.07) is 6.70. The van der Waals surface area contributed by atoms with E-state index in [1.54, 1.807) is 24.3 Å². The van der Waals surface area contributed by atoms with E-state index in [0.29, 0.717) is 11.3 Å². The van der Waals surface area contributed by atoms with E-state index in [9.17, 15) is 9.59 Å². The molecule has 1 amide bonds. The average molecular weight is 235 g/mol. The van der Waals surface area contributed by atoms with Gasteiger partial charge in [-0.25, -0.2) is 4.79 Å². The molecule has 5 nitrogen and oxygen atoms in total. The molecule has 0 aromatic heterocycles. The quantitative estimate of drug-likeness (QED) is 0.774. The number of carboxylic acid groups (broad SMARTS) is 1. The number of rotatable bonds is 4. The van der Waals surface area contributed by atoms with Crippen LogP contribution in [-0.2, 0) is 4.79 Å². The van der Waals surface area contributed by atoms with E-state index < -0.39 is 11.9 Å². The molecule has 0 fully saturated rings. The van der Waals surface area contributed by atoms with Crippen LogP contribution in [0, 0.1) is 0 Å². The van der Waals surface area contributed by atoms with Crippen molar-refractivity contribution in [2.45, 2.75) is 6.92 Å². The molecule has 5 heteroatoms. The maximum absolute atomic E-state index is 11.8. The lowest BCUT2D eigenvalue weighted by atomic mass is 10.2. The summed E-state index contributed by atoms with van der Waals surface area (Å²) in [6.07, 6.45) is 0.924. The molecule has 0 heterocycles. The van der Waals surface area contributed by atoms with Gasteiger partial charge in [0, 0.05) is 11.8 Å². The monoisotopic (exact) mass is 235 g/mol. The number of aliphatic carboxylic acids is 1. The van der Waals surface area contributed by atoms with E-state index in [0.717, 1.165) is 6.08 Å². The molecule has 0 atom stereocenters. The smallest absolute Gasteiger partial charge is 0.330 e. The van der Waals surface area contributed by atoms with Crippen LogP contribution in [0.2, 0.25) is 0 Å². The third-order valence-electron chi connectivity index (χ3n) is 2.00. The van der Waals surface area contributed by atoms with Gasteiger partial charge in [0.1, 0.15) is 5.75 Å². The molecule has 2 N–H and O–H groups in total. The molecule has 90 valence electrons. The fourth-order valence-corrected chi connectivity index (χ4v) is 1.30. The summed E-state index contributed by atoms with van der Waals surface area (Å²) in [5, 5.41) is 11.0. The predicted molar refractivity (Wildman–Crippen MR) is 61.9 cm³/mol. The highest BCUT2D eigenvalue weighted by Crippen LogP contribution is 2.17. The maximum atomic E-state index is 11.8. The number of ether oxygens (including phenoxy) is 1. The number of nitrogens with one attached hydrogen (secondary N) is 1. The Morgan fingerprint density at radius 1 is 1.35 bits per heavy atom. The second-order valence-electron chi connectivity index (χ2n) is 3.32. The Hall–Kier alpha value is -2.30. The summed E-state index contributed by atoms with van der Waals surface area (Å²) in [7, 11) is 1.46. The lowest BCUT2D eigenvalue weighted by Gasteiger charge is -2.08. The van der Waals surface area contributed by atoms with Gasteiger partial charge in [0.15, 0.2) is 0 Å². The van der Waals surface area contributed by atoms with Gasteiger partial charge in [-0.15, -0.1) is 0 Å². The zero-order chi connectivity index (χ0) is 12.8. The zero-order valence-corrected chi connectivity index (χ0v) is 9.56. The summed E-state index contributed by atoms with van der Waals surface area (Å²) in [5.74, 6) is -1.08. The molecular formula is C12H13NO4. The first kappa shape index (κ1) is 12.8. The topological polar surface area (TPSA) is 75.6 Å². The fourth-order valence-electron chi connectivity index (χ4n) is 1.30. The fraction of sp³-hybridized carbons (Fsp3) is 0.167. The molecule has 0 saturated heterocycles. The standard InChI is InChI=1S/C12H13NO4/c1-8(7-11(14)15)13-12(16)9-5-3-4-6-10(9)17-2/h3-7H,1-2H3,(H,13,16)(H,14,15). The lowest BCUT2D eigenvalue weighted by Crippen LogP contribution is -2.22. The van der Waals surface area contributed by atoms with Crippen LogP contribution in [0.4, 0.5) is 0 Å². The van der Waals surface area contributed by atoms with Gasteiger partial charge in [-0.1, -0.05) is 12.1 Å². The number of hydrogen-bond donors (Lipinski definition) is 2. The van der Waals surface area contributed by atoms with E-state index in [-0.39, 0.29) is 5.70 Å². The molecule has 0 aliphatic rings. The molecule has 0 spiro atoms. The van der Waals surface area contributed by atoms with Crippen LogP contribution in [0.25, 0.3) is 0 Å². The first-order valence-corrected chi connectivity index (χ1v) is 4.90. The number of hydrogen-bond acceptors (Lipinski definition) is 3. The Bertz CT molecular complexity index is 465. The summed E-state index contributed by atoms with van der Waals surface area (Å²) >= 11 is 0. The second kappa shape index (κ2) is 5.69. The summed E-state index contributed by atoms with van der Waals surface area (Å²) < 4.78 is 5.03. The van der Waals surface area contributed by atoms with Crippen molar-refractivity contribution in [2.75, 3.05) is 7.11 Å². The molecule has 0 unspecified atom stereocenters. The first-order chi connectivity index (χ1) is 8.04. The minimum atomic E-state index is -1.11. The molecule has 17 heavy (non-hydrogen) atoms. The van der Waals surface area contributed by atoms with E-state index in [1.165, 1.54) is 14.0 Å². The van der Waals surface area contributed by atoms with Gasteiger partial charge in [0.25, 0.3) is 5.91 Å². The van der Waals surface area contributed by atoms with E-state index in [1.807, 2.05) is 0 Å². The van der Waals surface area contributed by atoms with Crippen molar-refractivity contribution >= 4 is 11.9 Å². The molecule has 0 aliphatic heterocycles. The zero-order valence-electron chi connectivity index (χ0n) is 9.56. The number of carbonyl (C=O) groups excluding carboxylic acids is 1. The lowest BCUT2D eigenvalue weighted by molar-refractivity contribution is -0.131. The van der Waals surface area contributed by atoms with Crippen molar-refractivity contribution in [3.8, 4) is 5.75 Å². The minimum Gasteiger partial charge on any atom is -0.496 e. The number of para-hydroxylation sites is 1. The second-order valence-corrected chi connectivity index (χ2v) is 3.32. The molecular weight excluding hydrogens is 222 g/mol. The summed E-state index contributed by atoms with van der Waals surface area (Å²) in [6.45, 7) is 1.50. The van der Waals surface area contributed by atoms with Gasteiger partial charge in [0.05, 0.1) is 12.7 Å². The SMILES string of the molecule is COc1ccccc1C(=O)NC(C)=CC(=O)O. The van der Waals surface area contributed by atoms with Gasteiger partial charge in [0.2, 0.25) is 0 Å². The number of carbonyl (C=O) groups is 2. The Morgan fingerprint density at radius 2 is 2.00 bits per heavy atom. The third-order valence-corrected chi connectivity index (χ3v) is 2.00. The highest BCUT2D eigenvalue weighted by molar-refractivity contribution is 5.98. The molecule has 1 aromatic carbocycles. The van der Waals surface area contributed by atoms with Crippen molar-refractivity contribution in [1.29, 1.82) is 0 Å². The van der Waals surface area contributed by atoms with Gasteiger partial charge < -0.3 is 15.2 Å². The van der Waals surface area contributed by atoms with Crippen molar-refractivity contribution in [3.63, 3.8) is 0 Å². The van der Waals surface area contributed by atoms with Gasteiger partial charge >= 0.3 is 5.97 Å². The molecule has 0 aliphatic carbocycles. The third kappa shape index (κ3) is 3.64. The molecule has 1 aromatic rings. The van der Waals surface area contributed by atoms with E-state index in [2.05, 4.69) is 5.32 Å². The highest BCUT2D eigenvalue weighted by Gasteiger charge is 2.11. The Kier molecular flexibility index (Phi) is 4.28. The number of amides is 1. The maximum Gasteiger partial charge on any atom is 0.330 e. The van der Waals surface area contributed by atoms with Crippen molar-refractivity contribution in [2.24, 2.45) is 0 Å². The minimum absolute atomic E-state index is 0.258. The molecule has 1 rings (SSSR count). The number of methoxy groups -OCH3 is 1. The average Bonchev–Trinajstić information content (AvgIpc) is 2.27. The normalized spacial score (nSPS) is 10.8. The van der Waals surface area contributed by atoms with E-state index in [4.69, 9.17) is 9.84 Å². The number of allylic oxidation sites excluding steroid dienone is 1. The van der Waals surface area contributed by atoms with Crippen LogP contribution in [0.5, 0.6) is 5.75 Å². The van der Waals surface area contributed by atoms with Crippen LogP contribution in [0.3, 0.4) is 0 Å². The summed E-state index contributed by atoms with van der Waals surface area (Å²) in [4.78, 5) is 22.2. The van der Waals surface area contributed by atoms with Crippen molar-refractivity contribution in [1.82, 2.24) is 5.32 Å². The Labute approximate surface area is 98.7 Å².